The lowest BCUT2D eigenvalue weighted by Crippen LogP contribution is -2.18. The number of ketones is 1. The molecule has 2 rings (SSSR count). The Kier molecular flexibility index (Phi) is 5.09. The van der Waals surface area contributed by atoms with Crippen LogP contribution >= 0.6 is 0 Å². The summed E-state index contributed by atoms with van der Waals surface area (Å²) < 4.78 is 5.06. The highest BCUT2D eigenvalue weighted by Gasteiger charge is 2.14. The smallest absolute Gasteiger partial charge is 0.259 e. The molecule has 0 aliphatic heterocycles. The average molecular weight is 295 g/mol. The third kappa shape index (κ3) is 4.06. The first-order chi connectivity index (χ1) is 10.6. The molecule has 0 saturated carbocycles. The molecule has 0 fully saturated rings. The summed E-state index contributed by atoms with van der Waals surface area (Å²) in [5.74, 6) is -0.0130. The zero-order valence-electron chi connectivity index (χ0n) is 12.5. The largest absolute Gasteiger partial charge is 0.497 e. The van der Waals surface area contributed by atoms with Gasteiger partial charge in [-0.15, -0.1) is 0 Å². The van der Waals surface area contributed by atoms with Crippen LogP contribution in [-0.2, 0) is 9.59 Å². The summed E-state index contributed by atoms with van der Waals surface area (Å²) in [5, 5.41) is 2.71. The third-order valence-corrected chi connectivity index (χ3v) is 3.08. The minimum Gasteiger partial charge on any atom is -0.497 e. The summed E-state index contributed by atoms with van der Waals surface area (Å²) in [6.07, 6.45) is 1.58. The molecule has 2 aromatic carbocycles. The molecule has 2 aromatic rings. The Labute approximate surface area is 129 Å². The van der Waals surface area contributed by atoms with E-state index in [0.29, 0.717) is 11.4 Å². The van der Waals surface area contributed by atoms with Crippen LogP contribution in [0.25, 0.3) is 6.08 Å². The standard InChI is InChI=1S/C18H17NO3/c1-13(20)17(12-14-6-4-3-5-7-14)18(21)19-15-8-10-16(22-2)11-9-15/h3-12H,1-2H3,(H,19,21)/b17-12-. The molecule has 0 saturated heterocycles. The minimum atomic E-state index is -0.429. The average Bonchev–Trinajstić information content (AvgIpc) is 2.54. The number of Topliss-reactive ketones (excluding diaryl/α,β-unsaturated/α-hetero) is 1. The minimum absolute atomic E-state index is 0.113. The topological polar surface area (TPSA) is 55.4 Å². The second kappa shape index (κ2) is 7.22. The number of hydrogen-bond donors (Lipinski definition) is 1. The summed E-state index contributed by atoms with van der Waals surface area (Å²) in [4.78, 5) is 24.0. The van der Waals surface area contributed by atoms with E-state index in [0.717, 1.165) is 5.56 Å². The molecule has 0 aromatic heterocycles. The zero-order valence-corrected chi connectivity index (χ0v) is 12.5. The van der Waals surface area contributed by atoms with Crippen LogP contribution in [0, 0.1) is 0 Å². The van der Waals surface area contributed by atoms with Crippen molar-refractivity contribution in [2.24, 2.45) is 0 Å². The number of hydrogen-bond acceptors (Lipinski definition) is 3. The molecule has 0 atom stereocenters. The van der Waals surface area contributed by atoms with Crippen LogP contribution in [0.1, 0.15) is 12.5 Å². The fraction of sp³-hybridized carbons (Fsp3) is 0.111. The molecule has 0 heterocycles. The van der Waals surface area contributed by atoms with Gasteiger partial charge in [0.2, 0.25) is 0 Å². The first-order valence-corrected chi connectivity index (χ1v) is 6.83. The molecule has 112 valence electrons. The highest BCUT2D eigenvalue weighted by molar-refractivity contribution is 6.25. The van der Waals surface area contributed by atoms with Crippen LogP contribution in [0.3, 0.4) is 0 Å². The summed E-state index contributed by atoms with van der Waals surface area (Å²) in [6.45, 7) is 1.38. The molecule has 0 aliphatic rings. The second-order valence-electron chi connectivity index (χ2n) is 4.71. The predicted octanol–water partition coefficient (Wildman–Crippen LogP) is 3.31. The number of methoxy groups -OCH3 is 1. The summed E-state index contributed by atoms with van der Waals surface area (Å²) in [5.41, 5.74) is 1.52. The normalized spacial score (nSPS) is 10.9. The zero-order chi connectivity index (χ0) is 15.9. The third-order valence-electron chi connectivity index (χ3n) is 3.08. The number of anilines is 1. The van der Waals surface area contributed by atoms with Gasteiger partial charge in [-0.3, -0.25) is 9.59 Å². The molecule has 0 unspecified atom stereocenters. The lowest BCUT2D eigenvalue weighted by atomic mass is 10.1. The van der Waals surface area contributed by atoms with E-state index in [4.69, 9.17) is 4.74 Å². The number of carbonyl (C=O) groups excluding carboxylic acids is 2. The second-order valence-corrected chi connectivity index (χ2v) is 4.71. The molecule has 4 nitrogen and oxygen atoms in total. The Morgan fingerprint density at radius 3 is 2.18 bits per heavy atom. The van der Waals surface area contributed by atoms with Crippen LogP contribution in [0.15, 0.2) is 60.2 Å². The Balaban J connectivity index is 2.19. The van der Waals surface area contributed by atoms with Crippen LogP contribution < -0.4 is 10.1 Å². The number of nitrogens with one attached hydrogen (secondary N) is 1. The summed E-state index contributed by atoms with van der Waals surface area (Å²) in [7, 11) is 1.57. The van der Waals surface area contributed by atoms with Gasteiger partial charge < -0.3 is 10.1 Å². The molecular weight excluding hydrogens is 278 g/mol. The highest BCUT2D eigenvalue weighted by atomic mass is 16.5. The number of ether oxygens (including phenoxy) is 1. The Bertz CT molecular complexity index is 688. The SMILES string of the molecule is COc1ccc(NC(=O)/C(=C\c2ccccc2)C(C)=O)cc1. The molecular formula is C18H17NO3. The van der Waals surface area contributed by atoms with Gasteiger partial charge in [-0.25, -0.2) is 0 Å². The van der Waals surface area contributed by atoms with Crippen molar-refractivity contribution in [1.82, 2.24) is 0 Å². The molecule has 4 heteroatoms. The molecule has 1 amide bonds. The Hall–Kier alpha value is -2.88. The number of benzene rings is 2. The molecule has 0 bridgehead atoms. The van der Waals surface area contributed by atoms with Crippen molar-refractivity contribution in [2.75, 3.05) is 12.4 Å². The molecule has 1 N–H and O–H groups in total. The van der Waals surface area contributed by atoms with E-state index >= 15 is 0 Å². The van der Waals surface area contributed by atoms with E-state index in [1.54, 1.807) is 37.5 Å². The maximum atomic E-state index is 12.3. The van der Waals surface area contributed by atoms with Crippen LogP contribution in [0.2, 0.25) is 0 Å². The lowest BCUT2D eigenvalue weighted by Gasteiger charge is -2.08. The van der Waals surface area contributed by atoms with Gasteiger partial charge in [0.1, 0.15) is 5.75 Å². The van der Waals surface area contributed by atoms with Crippen molar-refractivity contribution in [2.45, 2.75) is 6.92 Å². The molecule has 0 radical (unpaired) electrons. The van der Waals surface area contributed by atoms with Crippen molar-refractivity contribution in [3.63, 3.8) is 0 Å². The summed E-state index contributed by atoms with van der Waals surface area (Å²) in [6, 6.07) is 16.2. The number of amides is 1. The van der Waals surface area contributed by atoms with Crippen LogP contribution in [0.5, 0.6) is 5.75 Å². The quantitative estimate of drug-likeness (QED) is 0.523. The first-order valence-electron chi connectivity index (χ1n) is 6.83. The van der Waals surface area contributed by atoms with E-state index in [2.05, 4.69) is 5.32 Å². The van der Waals surface area contributed by atoms with Gasteiger partial charge in [0.05, 0.1) is 12.7 Å². The maximum Gasteiger partial charge on any atom is 0.259 e. The van der Waals surface area contributed by atoms with Crippen LogP contribution in [0.4, 0.5) is 5.69 Å². The highest BCUT2D eigenvalue weighted by Crippen LogP contribution is 2.16. The van der Waals surface area contributed by atoms with Gasteiger partial charge in [0.15, 0.2) is 5.78 Å². The van der Waals surface area contributed by atoms with Gasteiger partial charge in [-0.1, -0.05) is 30.3 Å². The first kappa shape index (κ1) is 15.5. The van der Waals surface area contributed by atoms with E-state index in [1.165, 1.54) is 6.92 Å². The summed E-state index contributed by atoms with van der Waals surface area (Å²) >= 11 is 0. The fourth-order valence-corrected chi connectivity index (χ4v) is 1.92. The van der Waals surface area contributed by atoms with Gasteiger partial charge in [-0.2, -0.15) is 0 Å². The predicted molar refractivity (Wildman–Crippen MR) is 86.7 cm³/mol. The Morgan fingerprint density at radius 1 is 1.00 bits per heavy atom. The molecule has 0 spiro atoms. The van der Waals surface area contributed by atoms with E-state index in [9.17, 15) is 9.59 Å². The number of rotatable bonds is 5. The number of carbonyl (C=O) groups is 2. The van der Waals surface area contributed by atoms with E-state index in [1.807, 2.05) is 30.3 Å². The van der Waals surface area contributed by atoms with Crippen molar-refractivity contribution < 1.29 is 14.3 Å². The van der Waals surface area contributed by atoms with Crippen molar-refractivity contribution in [1.29, 1.82) is 0 Å². The maximum absolute atomic E-state index is 12.3. The van der Waals surface area contributed by atoms with Gasteiger partial charge in [0, 0.05) is 5.69 Å². The van der Waals surface area contributed by atoms with Gasteiger partial charge in [-0.05, 0) is 42.8 Å². The molecule has 0 aliphatic carbocycles. The fourth-order valence-electron chi connectivity index (χ4n) is 1.92. The van der Waals surface area contributed by atoms with Crippen molar-refractivity contribution in [3.8, 4) is 5.75 Å². The van der Waals surface area contributed by atoms with E-state index in [-0.39, 0.29) is 11.4 Å². The lowest BCUT2D eigenvalue weighted by molar-refractivity contribution is -0.118. The van der Waals surface area contributed by atoms with E-state index < -0.39 is 5.91 Å². The van der Waals surface area contributed by atoms with Crippen molar-refractivity contribution in [3.05, 3.63) is 65.7 Å². The van der Waals surface area contributed by atoms with Gasteiger partial charge >= 0.3 is 0 Å². The Morgan fingerprint density at radius 2 is 1.64 bits per heavy atom. The molecule has 22 heavy (non-hydrogen) atoms. The van der Waals surface area contributed by atoms with Crippen LogP contribution in [-0.4, -0.2) is 18.8 Å². The van der Waals surface area contributed by atoms with Gasteiger partial charge in [0.25, 0.3) is 5.91 Å². The monoisotopic (exact) mass is 295 g/mol. The van der Waals surface area contributed by atoms with Crippen molar-refractivity contribution >= 4 is 23.5 Å².